The molecule has 1 aliphatic carbocycles. The molecule has 3 rings (SSSR count). The van der Waals surface area contributed by atoms with E-state index < -0.39 is 0 Å². The first-order valence-corrected chi connectivity index (χ1v) is 10.8. The Labute approximate surface area is 192 Å². The summed E-state index contributed by atoms with van der Waals surface area (Å²) >= 11 is 0. The van der Waals surface area contributed by atoms with Crippen molar-refractivity contribution in [2.75, 3.05) is 19.6 Å². The lowest BCUT2D eigenvalue weighted by molar-refractivity contribution is 0.366. The minimum absolute atomic E-state index is 0. The summed E-state index contributed by atoms with van der Waals surface area (Å²) < 4.78 is 2.11. The maximum Gasteiger partial charge on any atom is 0.191 e. The number of nitrogens with zero attached hydrogens (tertiary/aromatic N) is 4. The van der Waals surface area contributed by atoms with Gasteiger partial charge < -0.3 is 15.2 Å². The Kier molecular flexibility index (Phi) is 11.1. The summed E-state index contributed by atoms with van der Waals surface area (Å²) in [5.74, 6) is 2.69. The van der Waals surface area contributed by atoms with Crippen molar-refractivity contribution < 1.29 is 0 Å². The summed E-state index contributed by atoms with van der Waals surface area (Å²) in [5, 5.41) is 15.2. The second-order valence-corrected chi connectivity index (χ2v) is 7.58. The van der Waals surface area contributed by atoms with Crippen LogP contribution >= 0.6 is 24.0 Å². The number of aromatic nitrogens is 3. The van der Waals surface area contributed by atoms with Gasteiger partial charge in [0.1, 0.15) is 12.2 Å². The minimum atomic E-state index is 0. The molecule has 0 radical (unpaired) electrons. The van der Waals surface area contributed by atoms with Crippen molar-refractivity contribution >= 4 is 29.9 Å². The van der Waals surface area contributed by atoms with Gasteiger partial charge in [0.05, 0.1) is 0 Å². The first kappa shape index (κ1) is 23.6. The Balaban J connectivity index is 0.00000300. The van der Waals surface area contributed by atoms with Gasteiger partial charge in [-0.3, -0.25) is 4.99 Å². The van der Waals surface area contributed by atoms with Crippen LogP contribution in [0.1, 0.15) is 50.4 Å². The van der Waals surface area contributed by atoms with E-state index >= 15 is 0 Å². The second kappa shape index (κ2) is 13.6. The highest BCUT2D eigenvalue weighted by atomic mass is 127. The SMILES string of the molecule is CCc1nncn1CCNC(=NCC1CCCCC1)NCCc1ccccc1.I. The zero-order chi connectivity index (χ0) is 19.4. The third-order valence-electron chi connectivity index (χ3n) is 5.44. The Hall–Kier alpha value is -1.64. The molecule has 29 heavy (non-hydrogen) atoms. The smallest absolute Gasteiger partial charge is 0.191 e. The summed E-state index contributed by atoms with van der Waals surface area (Å²) in [4.78, 5) is 4.89. The largest absolute Gasteiger partial charge is 0.356 e. The number of benzene rings is 1. The van der Waals surface area contributed by atoms with Crippen LogP contribution in [0.3, 0.4) is 0 Å². The van der Waals surface area contributed by atoms with E-state index in [-0.39, 0.29) is 24.0 Å². The maximum atomic E-state index is 4.89. The average molecular weight is 510 g/mol. The van der Waals surface area contributed by atoms with E-state index in [1.54, 1.807) is 0 Å². The third kappa shape index (κ3) is 8.32. The number of hydrogen-bond donors (Lipinski definition) is 2. The van der Waals surface area contributed by atoms with Crippen LogP contribution in [0, 0.1) is 5.92 Å². The summed E-state index contributed by atoms with van der Waals surface area (Å²) in [5.41, 5.74) is 1.35. The van der Waals surface area contributed by atoms with Gasteiger partial charge in [-0.25, -0.2) is 0 Å². The van der Waals surface area contributed by atoms with E-state index in [4.69, 9.17) is 4.99 Å². The molecule has 1 aromatic carbocycles. The Morgan fingerprint density at radius 2 is 1.86 bits per heavy atom. The highest BCUT2D eigenvalue weighted by molar-refractivity contribution is 14.0. The lowest BCUT2D eigenvalue weighted by atomic mass is 9.89. The van der Waals surface area contributed by atoms with Crippen molar-refractivity contribution in [2.24, 2.45) is 10.9 Å². The van der Waals surface area contributed by atoms with E-state index in [1.807, 2.05) is 6.33 Å². The van der Waals surface area contributed by atoms with Crippen molar-refractivity contribution in [3.8, 4) is 0 Å². The second-order valence-electron chi connectivity index (χ2n) is 7.58. The predicted octanol–water partition coefficient (Wildman–Crippen LogP) is 3.82. The molecule has 0 spiro atoms. The average Bonchev–Trinajstić information content (AvgIpc) is 3.20. The van der Waals surface area contributed by atoms with Crippen molar-refractivity contribution in [1.82, 2.24) is 25.4 Å². The number of aliphatic imine (C=N–C) groups is 1. The molecule has 0 atom stereocenters. The number of rotatable bonds is 9. The monoisotopic (exact) mass is 510 g/mol. The minimum Gasteiger partial charge on any atom is -0.356 e. The predicted molar refractivity (Wildman–Crippen MR) is 130 cm³/mol. The zero-order valence-corrected chi connectivity index (χ0v) is 19.8. The van der Waals surface area contributed by atoms with Crippen LogP contribution in [0.15, 0.2) is 41.7 Å². The Morgan fingerprint density at radius 3 is 2.62 bits per heavy atom. The topological polar surface area (TPSA) is 67.1 Å². The molecule has 1 saturated carbocycles. The molecule has 7 heteroatoms. The van der Waals surface area contributed by atoms with E-state index in [2.05, 4.69) is 62.7 Å². The molecule has 160 valence electrons. The lowest BCUT2D eigenvalue weighted by Gasteiger charge is -2.20. The molecular formula is C22H35IN6. The molecule has 0 unspecified atom stereocenters. The quantitative estimate of drug-likeness (QED) is 0.306. The van der Waals surface area contributed by atoms with Gasteiger partial charge in [-0.05, 0) is 30.7 Å². The fourth-order valence-electron chi connectivity index (χ4n) is 3.77. The van der Waals surface area contributed by atoms with Gasteiger partial charge in [0.15, 0.2) is 5.96 Å². The Bertz CT molecular complexity index is 709. The number of guanidine groups is 1. The van der Waals surface area contributed by atoms with Crippen molar-refractivity contribution in [1.29, 1.82) is 0 Å². The fourth-order valence-corrected chi connectivity index (χ4v) is 3.77. The van der Waals surface area contributed by atoms with Gasteiger partial charge in [-0.1, -0.05) is 56.5 Å². The molecule has 1 fully saturated rings. The van der Waals surface area contributed by atoms with Gasteiger partial charge in [0.25, 0.3) is 0 Å². The van der Waals surface area contributed by atoms with Gasteiger partial charge in [0, 0.05) is 32.6 Å². The summed E-state index contributed by atoms with van der Waals surface area (Å²) in [6, 6.07) is 10.6. The highest BCUT2D eigenvalue weighted by Crippen LogP contribution is 2.23. The molecule has 0 aliphatic heterocycles. The molecule has 1 heterocycles. The first-order chi connectivity index (χ1) is 13.8. The van der Waals surface area contributed by atoms with Crippen LogP contribution in [0.25, 0.3) is 0 Å². The van der Waals surface area contributed by atoms with E-state index in [0.29, 0.717) is 0 Å². The van der Waals surface area contributed by atoms with Gasteiger partial charge in [-0.15, -0.1) is 34.2 Å². The summed E-state index contributed by atoms with van der Waals surface area (Å²) in [7, 11) is 0. The first-order valence-electron chi connectivity index (χ1n) is 10.8. The third-order valence-corrected chi connectivity index (χ3v) is 5.44. The number of halogens is 1. The van der Waals surface area contributed by atoms with Crippen molar-refractivity contribution in [3.05, 3.63) is 48.0 Å². The summed E-state index contributed by atoms with van der Waals surface area (Å²) in [6.07, 6.45) is 10.5. The molecule has 0 saturated heterocycles. The van der Waals surface area contributed by atoms with Gasteiger partial charge in [0.2, 0.25) is 0 Å². The van der Waals surface area contributed by atoms with Crippen LogP contribution in [-0.2, 0) is 19.4 Å². The summed E-state index contributed by atoms with van der Waals surface area (Å²) in [6.45, 7) is 5.57. The standard InChI is InChI=1S/C22H34N6.HI/c1-2-21-27-26-18-28(21)16-15-24-22(25-17-20-11-7-4-8-12-20)23-14-13-19-9-5-3-6-10-19;/h3,5-6,9-10,18,20H,2,4,7-8,11-17H2,1H3,(H2,23,24,25);1H. The molecule has 2 N–H and O–H groups in total. The molecular weight excluding hydrogens is 475 g/mol. The van der Waals surface area contributed by atoms with Crippen LogP contribution in [-0.4, -0.2) is 40.4 Å². The highest BCUT2D eigenvalue weighted by Gasteiger charge is 2.13. The number of hydrogen-bond acceptors (Lipinski definition) is 3. The van der Waals surface area contributed by atoms with Gasteiger partial charge in [-0.2, -0.15) is 0 Å². The lowest BCUT2D eigenvalue weighted by Crippen LogP contribution is -2.40. The Morgan fingerprint density at radius 1 is 1.10 bits per heavy atom. The zero-order valence-electron chi connectivity index (χ0n) is 17.5. The molecule has 0 amide bonds. The molecule has 0 bridgehead atoms. The molecule has 6 nitrogen and oxygen atoms in total. The van der Waals surface area contributed by atoms with E-state index in [9.17, 15) is 0 Å². The number of aryl methyl sites for hydroxylation is 1. The van der Waals surface area contributed by atoms with Crippen LogP contribution < -0.4 is 10.6 Å². The van der Waals surface area contributed by atoms with Crippen LogP contribution in [0.2, 0.25) is 0 Å². The number of nitrogens with one attached hydrogen (secondary N) is 2. The molecule has 1 aromatic heterocycles. The fraction of sp³-hybridized carbons (Fsp3) is 0.591. The van der Waals surface area contributed by atoms with Crippen molar-refractivity contribution in [3.63, 3.8) is 0 Å². The van der Waals surface area contributed by atoms with E-state index in [0.717, 1.165) is 56.7 Å². The van der Waals surface area contributed by atoms with Crippen LogP contribution in [0.4, 0.5) is 0 Å². The van der Waals surface area contributed by atoms with Crippen LogP contribution in [0.5, 0.6) is 0 Å². The van der Waals surface area contributed by atoms with Gasteiger partial charge >= 0.3 is 0 Å². The molecule has 2 aromatic rings. The van der Waals surface area contributed by atoms with Crippen molar-refractivity contribution in [2.45, 2.75) is 58.4 Å². The van der Waals surface area contributed by atoms with E-state index in [1.165, 1.54) is 37.7 Å². The normalized spacial score (nSPS) is 15.0. The maximum absolute atomic E-state index is 4.89. The molecule has 1 aliphatic rings.